The number of pyridine rings is 1. The van der Waals surface area contributed by atoms with Crippen molar-refractivity contribution in [2.24, 2.45) is 5.41 Å². The fraction of sp³-hybridized carbons (Fsp3) is 0.571. The van der Waals surface area contributed by atoms with Gasteiger partial charge in [0.1, 0.15) is 6.61 Å². The molecule has 1 aromatic heterocycles. The second-order valence-electron chi connectivity index (χ2n) is 5.33. The molecule has 1 heterocycles. The van der Waals surface area contributed by atoms with Crippen molar-refractivity contribution in [1.82, 2.24) is 4.98 Å². The maximum Gasteiger partial charge on any atom is 0.229 e. The summed E-state index contributed by atoms with van der Waals surface area (Å²) in [7, 11) is 1.62. The first-order valence-corrected chi connectivity index (χ1v) is 6.25. The first-order valence-electron chi connectivity index (χ1n) is 6.25. The molecule has 0 aliphatic heterocycles. The zero-order chi connectivity index (χ0) is 14.5. The summed E-state index contributed by atoms with van der Waals surface area (Å²) in [5.74, 6) is 0.494. The highest BCUT2D eigenvalue weighted by atomic mass is 16.5. The number of amides is 1. The molecule has 5 nitrogen and oxygen atoms in total. The fourth-order valence-corrected chi connectivity index (χ4v) is 1.29. The Bertz CT molecular complexity index is 439. The number of nitrogens with zero attached hydrogens (tertiary/aromatic N) is 1. The van der Waals surface area contributed by atoms with E-state index in [0.717, 1.165) is 5.69 Å². The normalized spacial score (nSPS) is 11.2. The van der Waals surface area contributed by atoms with E-state index in [1.54, 1.807) is 19.2 Å². The molecule has 1 N–H and O–H groups in total. The number of aromatic nitrogens is 1. The van der Waals surface area contributed by atoms with Crippen LogP contribution < -0.4 is 10.1 Å². The largest absolute Gasteiger partial charge is 0.475 e. The summed E-state index contributed by atoms with van der Waals surface area (Å²) in [5.41, 5.74) is 1.01. The molecule has 0 saturated carbocycles. The van der Waals surface area contributed by atoms with Crippen LogP contribution in [-0.2, 0) is 9.53 Å². The van der Waals surface area contributed by atoms with E-state index in [2.05, 4.69) is 10.3 Å². The van der Waals surface area contributed by atoms with Crippen molar-refractivity contribution in [3.8, 4) is 5.88 Å². The van der Waals surface area contributed by atoms with Gasteiger partial charge in [0.05, 0.1) is 18.0 Å². The first kappa shape index (κ1) is 15.4. The predicted octanol–water partition coefficient (Wildman–Crippen LogP) is 2.40. The summed E-state index contributed by atoms with van der Waals surface area (Å²) in [6, 6.07) is 3.54. The van der Waals surface area contributed by atoms with Gasteiger partial charge in [-0.05, 0) is 13.0 Å². The highest BCUT2D eigenvalue weighted by Crippen LogP contribution is 2.21. The molecule has 0 atom stereocenters. The Labute approximate surface area is 114 Å². The quantitative estimate of drug-likeness (QED) is 0.831. The SMILES string of the molecule is COCCOc1ccc(NC(=O)C(C)(C)C)c(C)n1. The number of rotatable bonds is 5. The van der Waals surface area contributed by atoms with Crippen molar-refractivity contribution in [1.29, 1.82) is 0 Å². The van der Waals surface area contributed by atoms with Crippen molar-refractivity contribution in [3.63, 3.8) is 0 Å². The van der Waals surface area contributed by atoms with E-state index in [0.29, 0.717) is 24.8 Å². The molecule has 0 radical (unpaired) electrons. The van der Waals surface area contributed by atoms with Gasteiger partial charge in [-0.25, -0.2) is 4.98 Å². The number of carbonyl (C=O) groups excluding carboxylic acids is 1. The minimum Gasteiger partial charge on any atom is -0.475 e. The van der Waals surface area contributed by atoms with Gasteiger partial charge in [0.2, 0.25) is 11.8 Å². The van der Waals surface area contributed by atoms with Gasteiger partial charge in [-0.2, -0.15) is 0 Å². The highest BCUT2D eigenvalue weighted by molar-refractivity contribution is 5.94. The van der Waals surface area contributed by atoms with E-state index in [-0.39, 0.29) is 5.91 Å². The van der Waals surface area contributed by atoms with E-state index in [1.807, 2.05) is 27.7 Å². The van der Waals surface area contributed by atoms with Crippen molar-refractivity contribution in [2.45, 2.75) is 27.7 Å². The Morgan fingerprint density at radius 3 is 2.53 bits per heavy atom. The fourth-order valence-electron chi connectivity index (χ4n) is 1.29. The van der Waals surface area contributed by atoms with Gasteiger partial charge in [-0.3, -0.25) is 4.79 Å². The van der Waals surface area contributed by atoms with E-state index >= 15 is 0 Å². The summed E-state index contributed by atoms with van der Waals surface area (Å²) < 4.78 is 10.3. The Morgan fingerprint density at radius 1 is 1.32 bits per heavy atom. The molecule has 5 heteroatoms. The molecular formula is C14H22N2O3. The standard InChI is InChI=1S/C14H22N2O3/c1-10-11(16-13(17)14(2,3)4)6-7-12(15-10)19-9-8-18-5/h6-7H,8-9H2,1-5H3,(H,16,17). The smallest absolute Gasteiger partial charge is 0.229 e. The van der Waals surface area contributed by atoms with Gasteiger partial charge >= 0.3 is 0 Å². The Hall–Kier alpha value is -1.62. The monoisotopic (exact) mass is 266 g/mol. The summed E-state index contributed by atoms with van der Waals surface area (Å²) in [6.07, 6.45) is 0. The number of hydrogen-bond acceptors (Lipinski definition) is 4. The van der Waals surface area contributed by atoms with Gasteiger partial charge in [0, 0.05) is 18.6 Å². The van der Waals surface area contributed by atoms with Crippen LogP contribution in [0.1, 0.15) is 26.5 Å². The number of aryl methyl sites for hydroxylation is 1. The second kappa shape index (κ2) is 6.52. The van der Waals surface area contributed by atoms with Crippen molar-refractivity contribution < 1.29 is 14.3 Å². The Balaban J connectivity index is 2.69. The van der Waals surface area contributed by atoms with Crippen molar-refractivity contribution in [2.75, 3.05) is 25.6 Å². The van der Waals surface area contributed by atoms with Gasteiger partial charge in [0.15, 0.2) is 0 Å². The van der Waals surface area contributed by atoms with Crippen LogP contribution in [0.5, 0.6) is 5.88 Å². The van der Waals surface area contributed by atoms with Crippen LogP contribution in [-0.4, -0.2) is 31.2 Å². The molecular weight excluding hydrogens is 244 g/mol. The summed E-state index contributed by atoms with van der Waals surface area (Å²) in [4.78, 5) is 16.2. The number of methoxy groups -OCH3 is 1. The maximum atomic E-state index is 11.9. The lowest BCUT2D eigenvalue weighted by atomic mass is 9.95. The molecule has 0 saturated heterocycles. The lowest BCUT2D eigenvalue weighted by Crippen LogP contribution is -2.28. The molecule has 0 aliphatic rings. The number of anilines is 1. The van der Waals surface area contributed by atoms with Crippen LogP contribution >= 0.6 is 0 Å². The molecule has 0 aromatic carbocycles. The average molecular weight is 266 g/mol. The number of ether oxygens (including phenoxy) is 2. The Kier molecular flexibility index (Phi) is 5.30. The second-order valence-corrected chi connectivity index (χ2v) is 5.33. The molecule has 1 rings (SSSR count). The lowest BCUT2D eigenvalue weighted by molar-refractivity contribution is -0.123. The van der Waals surface area contributed by atoms with Gasteiger partial charge < -0.3 is 14.8 Å². The van der Waals surface area contributed by atoms with Gasteiger partial charge in [-0.1, -0.05) is 20.8 Å². The summed E-state index contributed by atoms with van der Waals surface area (Å²) >= 11 is 0. The minimum atomic E-state index is -0.430. The zero-order valence-electron chi connectivity index (χ0n) is 12.2. The lowest BCUT2D eigenvalue weighted by Gasteiger charge is -2.18. The van der Waals surface area contributed by atoms with Crippen LogP contribution in [0.2, 0.25) is 0 Å². The average Bonchev–Trinajstić information content (AvgIpc) is 2.31. The third-order valence-electron chi connectivity index (χ3n) is 2.53. The number of nitrogens with one attached hydrogen (secondary N) is 1. The van der Waals surface area contributed by atoms with Crippen LogP contribution in [0, 0.1) is 12.3 Å². The van der Waals surface area contributed by atoms with Crippen molar-refractivity contribution >= 4 is 11.6 Å². The molecule has 1 amide bonds. The van der Waals surface area contributed by atoms with Gasteiger partial charge in [-0.15, -0.1) is 0 Å². The van der Waals surface area contributed by atoms with Gasteiger partial charge in [0.25, 0.3) is 0 Å². The first-order chi connectivity index (χ1) is 8.84. The molecule has 19 heavy (non-hydrogen) atoms. The number of carbonyl (C=O) groups is 1. The van der Waals surface area contributed by atoms with Crippen LogP contribution in [0.25, 0.3) is 0 Å². The topological polar surface area (TPSA) is 60.5 Å². The third-order valence-corrected chi connectivity index (χ3v) is 2.53. The van der Waals surface area contributed by atoms with E-state index in [9.17, 15) is 4.79 Å². The predicted molar refractivity (Wildman–Crippen MR) is 74.4 cm³/mol. The van der Waals surface area contributed by atoms with Crippen LogP contribution in [0.4, 0.5) is 5.69 Å². The summed E-state index contributed by atoms with van der Waals surface area (Å²) in [6.45, 7) is 8.41. The molecule has 0 aliphatic carbocycles. The highest BCUT2D eigenvalue weighted by Gasteiger charge is 2.21. The van der Waals surface area contributed by atoms with Crippen molar-refractivity contribution in [3.05, 3.63) is 17.8 Å². The number of hydrogen-bond donors (Lipinski definition) is 1. The molecule has 106 valence electrons. The van der Waals surface area contributed by atoms with Crippen LogP contribution in [0.3, 0.4) is 0 Å². The maximum absolute atomic E-state index is 11.9. The van der Waals surface area contributed by atoms with E-state index < -0.39 is 5.41 Å². The van der Waals surface area contributed by atoms with Crippen LogP contribution in [0.15, 0.2) is 12.1 Å². The summed E-state index contributed by atoms with van der Waals surface area (Å²) in [5, 5.41) is 2.86. The van der Waals surface area contributed by atoms with E-state index in [4.69, 9.17) is 9.47 Å². The molecule has 0 bridgehead atoms. The minimum absolute atomic E-state index is 0.0366. The Morgan fingerprint density at radius 2 is 2.00 bits per heavy atom. The van der Waals surface area contributed by atoms with E-state index in [1.165, 1.54) is 0 Å². The molecule has 1 aromatic rings. The zero-order valence-corrected chi connectivity index (χ0v) is 12.2. The molecule has 0 spiro atoms. The molecule has 0 unspecified atom stereocenters. The molecule has 0 fully saturated rings. The third kappa shape index (κ3) is 4.87.